The van der Waals surface area contributed by atoms with E-state index in [-0.39, 0.29) is 26.7 Å². The number of benzene rings is 1. The van der Waals surface area contributed by atoms with Crippen LogP contribution in [0.4, 0.5) is 5.69 Å². The molecule has 4 nitrogen and oxygen atoms in total. The van der Waals surface area contributed by atoms with Gasteiger partial charge in [-0.2, -0.15) is 0 Å². The number of hydrogen-bond donors (Lipinski definition) is 1. The van der Waals surface area contributed by atoms with Crippen LogP contribution in [0.25, 0.3) is 11.3 Å². The van der Waals surface area contributed by atoms with Crippen LogP contribution in [0, 0.1) is 6.07 Å². The first-order chi connectivity index (χ1) is 10.3. The van der Waals surface area contributed by atoms with Gasteiger partial charge in [-0.3, -0.25) is 0 Å². The maximum atomic E-state index is 9.57. The molecule has 0 aliphatic carbocycles. The van der Waals surface area contributed by atoms with Gasteiger partial charge in [0, 0.05) is 57.4 Å². The average Bonchev–Trinajstić information content (AvgIpc) is 3.09. The molecule has 1 aromatic carbocycles. The normalized spacial score (nSPS) is 13.8. The summed E-state index contributed by atoms with van der Waals surface area (Å²) in [6.07, 6.45) is 4.31. The van der Waals surface area contributed by atoms with Gasteiger partial charge < -0.3 is 19.7 Å². The van der Waals surface area contributed by atoms with Crippen molar-refractivity contribution in [1.29, 1.82) is 0 Å². The van der Waals surface area contributed by atoms with Crippen LogP contribution in [-0.4, -0.2) is 30.3 Å². The van der Waals surface area contributed by atoms with Crippen molar-refractivity contribution < 1.29 is 29.9 Å². The predicted molar refractivity (Wildman–Crippen MR) is 82.4 cm³/mol. The molecule has 1 aliphatic heterocycles. The van der Waals surface area contributed by atoms with E-state index in [0.717, 1.165) is 29.9 Å². The number of aromatic nitrogens is 1. The Kier molecular flexibility index (Phi) is 5.95. The van der Waals surface area contributed by atoms with E-state index in [2.05, 4.69) is 22.0 Å². The van der Waals surface area contributed by atoms with Crippen molar-refractivity contribution in [2.24, 2.45) is 0 Å². The van der Waals surface area contributed by atoms with Crippen LogP contribution in [0.2, 0.25) is 0 Å². The zero-order chi connectivity index (χ0) is 14.7. The predicted octanol–water partition coefficient (Wildman–Crippen LogP) is 2.65. The minimum atomic E-state index is -0.0569. The third-order valence-electron chi connectivity index (χ3n) is 3.87. The minimum absolute atomic E-state index is 0. The summed E-state index contributed by atoms with van der Waals surface area (Å²) < 4.78 is 5.18. The average molecular weight is 476 g/mol. The van der Waals surface area contributed by atoms with E-state index in [0.29, 0.717) is 5.75 Å². The van der Waals surface area contributed by atoms with Crippen molar-refractivity contribution in [1.82, 2.24) is 4.98 Å². The molecule has 2 heterocycles. The molecule has 0 spiro atoms. The summed E-state index contributed by atoms with van der Waals surface area (Å²) in [5.74, 6) is 0.693. The Balaban J connectivity index is 0.00000176. The maximum absolute atomic E-state index is 9.57. The molecule has 22 heavy (non-hydrogen) atoms. The number of ether oxygens (including phenoxy) is 1. The maximum Gasteiger partial charge on any atom is 0.0647 e. The molecule has 0 bridgehead atoms. The van der Waals surface area contributed by atoms with Gasteiger partial charge in [0.05, 0.1) is 7.11 Å². The van der Waals surface area contributed by atoms with Gasteiger partial charge in [0.25, 0.3) is 0 Å². The van der Waals surface area contributed by atoms with Gasteiger partial charge in [-0.05, 0) is 24.6 Å². The summed E-state index contributed by atoms with van der Waals surface area (Å²) in [7, 11) is 1.61. The van der Waals surface area contributed by atoms with Crippen molar-refractivity contribution in [3.8, 4) is 17.0 Å². The van der Waals surface area contributed by atoms with Crippen LogP contribution in [0.3, 0.4) is 0 Å². The molecule has 1 aromatic heterocycles. The van der Waals surface area contributed by atoms with Crippen LogP contribution in [-0.2, 0) is 26.7 Å². The number of nitrogens with zero attached hydrogens (tertiary/aromatic N) is 2. The molecule has 1 fully saturated rings. The monoisotopic (exact) mass is 476 g/mol. The van der Waals surface area contributed by atoms with Crippen LogP contribution in [0.5, 0.6) is 5.75 Å². The van der Waals surface area contributed by atoms with Crippen molar-refractivity contribution in [2.75, 3.05) is 25.1 Å². The Hall–Kier alpha value is -1.42. The molecule has 1 aliphatic rings. The topological polar surface area (TPSA) is 45.6 Å². The number of hydrogen-bond acceptors (Lipinski definition) is 4. The Morgan fingerprint density at radius 1 is 1.32 bits per heavy atom. The number of rotatable bonds is 4. The Morgan fingerprint density at radius 3 is 2.77 bits per heavy atom. The van der Waals surface area contributed by atoms with Gasteiger partial charge >= 0.3 is 0 Å². The molecule has 5 heteroatoms. The number of aliphatic hydroxyl groups is 1. The first-order valence-corrected chi connectivity index (χ1v) is 7.22. The smallest absolute Gasteiger partial charge is 0.0647 e. The molecular formula is C17H19IrN2O2-. The molecule has 1 N–H and O–H groups in total. The van der Waals surface area contributed by atoms with Crippen molar-refractivity contribution in [3.63, 3.8) is 0 Å². The molecule has 1 saturated heterocycles. The zero-order valence-electron chi connectivity index (χ0n) is 12.5. The molecule has 0 amide bonds. The summed E-state index contributed by atoms with van der Waals surface area (Å²) in [5.41, 5.74) is 3.64. The van der Waals surface area contributed by atoms with Crippen molar-refractivity contribution >= 4 is 5.69 Å². The first-order valence-electron chi connectivity index (χ1n) is 7.22. The fraction of sp³-hybridized carbons (Fsp3) is 0.353. The van der Waals surface area contributed by atoms with E-state index < -0.39 is 0 Å². The first kappa shape index (κ1) is 16.9. The second-order valence-electron chi connectivity index (χ2n) is 5.19. The summed E-state index contributed by atoms with van der Waals surface area (Å²) in [4.78, 5) is 6.80. The molecule has 0 unspecified atom stereocenters. The fourth-order valence-electron chi connectivity index (χ4n) is 2.73. The number of methoxy groups -OCH3 is 1. The third kappa shape index (κ3) is 3.49. The summed E-state index contributed by atoms with van der Waals surface area (Å²) in [5, 5.41) is 9.57. The van der Waals surface area contributed by atoms with E-state index in [1.807, 2.05) is 18.3 Å². The SMILES string of the molecule is COc1c[c-]c(-c2cc(N3CCCC3)ccn2)c(CO)c1.[Ir]. The fourth-order valence-corrected chi connectivity index (χ4v) is 2.73. The van der Waals surface area contributed by atoms with Crippen LogP contribution in [0.15, 0.2) is 30.5 Å². The summed E-state index contributed by atoms with van der Waals surface area (Å²) in [6, 6.07) is 10.9. The third-order valence-corrected chi connectivity index (χ3v) is 3.87. The molecular weight excluding hydrogens is 456 g/mol. The molecule has 1 radical (unpaired) electrons. The van der Waals surface area contributed by atoms with Gasteiger partial charge in [-0.25, -0.2) is 0 Å². The summed E-state index contributed by atoms with van der Waals surface area (Å²) >= 11 is 0. The summed E-state index contributed by atoms with van der Waals surface area (Å²) in [6.45, 7) is 2.14. The Labute approximate surface area is 144 Å². The largest absolute Gasteiger partial charge is 0.540 e. The molecule has 3 rings (SSSR count). The van der Waals surface area contributed by atoms with Crippen LogP contribution in [0.1, 0.15) is 18.4 Å². The van der Waals surface area contributed by atoms with Gasteiger partial charge in [0.2, 0.25) is 0 Å². The van der Waals surface area contributed by atoms with E-state index in [1.54, 1.807) is 13.2 Å². The zero-order valence-corrected chi connectivity index (χ0v) is 14.9. The standard InChI is InChI=1S/C17H19N2O2.Ir/c1-21-15-4-5-16(13(10-15)12-20)17-11-14(6-7-18-17)19-8-2-3-9-19;/h4,6-7,10-11,20H,2-3,8-9,12H2,1H3;/q-1;. The second kappa shape index (κ2) is 7.72. The van der Waals surface area contributed by atoms with Gasteiger partial charge in [0.15, 0.2) is 0 Å². The number of aliphatic hydroxyl groups excluding tert-OH is 1. The Morgan fingerprint density at radius 2 is 2.09 bits per heavy atom. The molecule has 119 valence electrons. The van der Waals surface area contributed by atoms with Gasteiger partial charge in [-0.15, -0.1) is 17.7 Å². The van der Waals surface area contributed by atoms with Crippen LogP contribution < -0.4 is 9.64 Å². The van der Waals surface area contributed by atoms with Crippen LogP contribution >= 0.6 is 0 Å². The van der Waals surface area contributed by atoms with Crippen molar-refractivity contribution in [2.45, 2.75) is 19.4 Å². The molecule has 2 aromatic rings. The van der Waals surface area contributed by atoms with Gasteiger partial charge in [0.1, 0.15) is 0 Å². The van der Waals surface area contributed by atoms with E-state index in [1.165, 1.54) is 18.5 Å². The molecule has 0 saturated carbocycles. The number of pyridine rings is 1. The Bertz CT molecular complexity index is 628. The minimum Gasteiger partial charge on any atom is -0.540 e. The van der Waals surface area contributed by atoms with E-state index >= 15 is 0 Å². The molecule has 0 atom stereocenters. The quantitative estimate of drug-likeness (QED) is 0.691. The second-order valence-corrected chi connectivity index (χ2v) is 5.19. The number of anilines is 1. The van der Waals surface area contributed by atoms with Crippen molar-refractivity contribution in [3.05, 3.63) is 42.1 Å². The van der Waals surface area contributed by atoms with E-state index in [4.69, 9.17) is 4.74 Å². The van der Waals surface area contributed by atoms with Gasteiger partial charge in [-0.1, -0.05) is 17.7 Å². The van der Waals surface area contributed by atoms with E-state index in [9.17, 15) is 5.11 Å².